The first-order valence-corrected chi connectivity index (χ1v) is 10.2. The SMILES string of the molecule is Cc1ccccc1OCCN(C)CCc1ccc(NS(C)(=O)=O)cc1.Cl. The van der Waals surface area contributed by atoms with Gasteiger partial charge in [0.25, 0.3) is 0 Å². The molecule has 0 bridgehead atoms. The smallest absolute Gasteiger partial charge is 0.229 e. The van der Waals surface area contributed by atoms with E-state index in [0.29, 0.717) is 12.3 Å². The Balaban J connectivity index is 0.00000338. The number of ether oxygens (including phenoxy) is 1. The van der Waals surface area contributed by atoms with Gasteiger partial charge in [0.05, 0.1) is 6.26 Å². The van der Waals surface area contributed by atoms with Crippen molar-refractivity contribution in [2.24, 2.45) is 0 Å². The molecule has 0 saturated carbocycles. The zero-order valence-corrected chi connectivity index (χ0v) is 17.1. The third kappa shape index (κ3) is 8.08. The van der Waals surface area contributed by atoms with Crippen LogP contribution in [0.3, 0.4) is 0 Å². The van der Waals surface area contributed by atoms with E-state index in [4.69, 9.17) is 4.74 Å². The number of para-hydroxylation sites is 1. The van der Waals surface area contributed by atoms with Gasteiger partial charge in [0, 0.05) is 18.8 Å². The van der Waals surface area contributed by atoms with Crippen LogP contribution < -0.4 is 9.46 Å². The largest absolute Gasteiger partial charge is 0.492 e. The zero-order chi connectivity index (χ0) is 18.3. The summed E-state index contributed by atoms with van der Waals surface area (Å²) in [4.78, 5) is 2.22. The van der Waals surface area contributed by atoms with Crippen molar-refractivity contribution in [2.75, 3.05) is 37.7 Å². The summed E-state index contributed by atoms with van der Waals surface area (Å²) < 4.78 is 30.7. The lowest BCUT2D eigenvalue weighted by Gasteiger charge is -2.17. The number of nitrogens with zero attached hydrogens (tertiary/aromatic N) is 1. The molecule has 0 saturated heterocycles. The van der Waals surface area contributed by atoms with Crippen LogP contribution in [-0.4, -0.2) is 46.3 Å². The highest BCUT2D eigenvalue weighted by atomic mass is 35.5. The molecule has 0 atom stereocenters. The first kappa shape index (κ1) is 22.3. The van der Waals surface area contributed by atoms with Crippen LogP contribution in [-0.2, 0) is 16.4 Å². The molecule has 0 amide bonds. The van der Waals surface area contributed by atoms with Gasteiger partial charge in [-0.3, -0.25) is 4.72 Å². The minimum absolute atomic E-state index is 0. The van der Waals surface area contributed by atoms with Crippen LogP contribution >= 0.6 is 12.4 Å². The van der Waals surface area contributed by atoms with Crippen molar-refractivity contribution < 1.29 is 13.2 Å². The number of nitrogens with one attached hydrogen (secondary N) is 1. The van der Waals surface area contributed by atoms with Gasteiger partial charge >= 0.3 is 0 Å². The van der Waals surface area contributed by atoms with Crippen molar-refractivity contribution in [3.05, 3.63) is 59.7 Å². The number of sulfonamides is 1. The summed E-state index contributed by atoms with van der Waals surface area (Å²) in [7, 11) is -1.15. The molecule has 2 rings (SSSR count). The fourth-order valence-electron chi connectivity index (χ4n) is 2.42. The lowest BCUT2D eigenvalue weighted by atomic mass is 10.1. The van der Waals surface area contributed by atoms with Crippen molar-refractivity contribution in [3.8, 4) is 5.75 Å². The van der Waals surface area contributed by atoms with E-state index in [1.54, 1.807) is 12.1 Å². The van der Waals surface area contributed by atoms with Crippen molar-refractivity contribution in [1.82, 2.24) is 4.90 Å². The lowest BCUT2D eigenvalue weighted by molar-refractivity contribution is 0.238. The molecule has 0 aliphatic carbocycles. The van der Waals surface area contributed by atoms with E-state index in [1.807, 2.05) is 43.3 Å². The second kappa shape index (κ2) is 10.4. The molecular weight excluding hydrogens is 372 g/mol. The maximum absolute atomic E-state index is 11.2. The number of hydrogen-bond donors (Lipinski definition) is 1. The monoisotopic (exact) mass is 398 g/mol. The van der Waals surface area contributed by atoms with Crippen LogP contribution in [0, 0.1) is 6.92 Å². The van der Waals surface area contributed by atoms with Crippen LogP contribution in [0.5, 0.6) is 5.75 Å². The Hall–Kier alpha value is -1.76. The van der Waals surface area contributed by atoms with E-state index in [1.165, 1.54) is 5.56 Å². The maximum Gasteiger partial charge on any atom is 0.229 e. The summed E-state index contributed by atoms with van der Waals surface area (Å²) in [5.41, 5.74) is 2.91. The normalized spacial score (nSPS) is 11.1. The number of rotatable bonds is 9. The predicted octanol–water partition coefficient (Wildman–Crippen LogP) is 3.34. The molecule has 144 valence electrons. The van der Waals surface area contributed by atoms with Gasteiger partial charge in [-0.15, -0.1) is 12.4 Å². The number of aryl methyl sites for hydroxylation is 1. The van der Waals surface area contributed by atoms with E-state index < -0.39 is 10.0 Å². The van der Waals surface area contributed by atoms with Gasteiger partial charge in [-0.1, -0.05) is 30.3 Å². The Kier molecular flexibility index (Phi) is 8.92. The molecule has 5 nitrogen and oxygen atoms in total. The first-order chi connectivity index (χ1) is 11.8. The van der Waals surface area contributed by atoms with Crippen molar-refractivity contribution in [2.45, 2.75) is 13.3 Å². The fraction of sp³-hybridized carbons (Fsp3) is 0.368. The summed E-state index contributed by atoms with van der Waals surface area (Å²) >= 11 is 0. The highest BCUT2D eigenvalue weighted by Crippen LogP contribution is 2.16. The summed E-state index contributed by atoms with van der Waals surface area (Å²) in [5, 5.41) is 0. The topological polar surface area (TPSA) is 58.6 Å². The van der Waals surface area contributed by atoms with Crippen molar-refractivity contribution in [1.29, 1.82) is 0 Å². The van der Waals surface area contributed by atoms with Gasteiger partial charge in [0.2, 0.25) is 10.0 Å². The van der Waals surface area contributed by atoms with Gasteiger partial charge in [-0.05, 0) is 49.7 Å². The van der Waals surface area contributed by atoms with Gasteiger partial charge in [-0.2, -0.15) is 0 Å². The molecule has 0 aromatic heterocycles. The molecular formula is C19H27ClN2O3S. The Bertz CT molecular complexity index is 780. The van der Waals surface area contributed by atoms with Crippen molar-refractivity contribution >= 4 is 28.1 Å². The number of benzene rings is 2. The Labute approximate surface area is 162 Å². The van der Waals surface area contributed by atoms with Gasteiger partial charge < -0.3 is 9.64 Å². The first-order valence-electron chi connectivity index (χ1n) is 8.27. The van der Waals surface area contributed by atoms with E-state index in [-0.39, 0.29) is 12.4 Å². The zero-order valence-electron chi connectivity index (χ0n) is 15.4. The molecule has 0 heterocycles. The average molecular weight is 399 g/mol. The van der Waals surface area contributed by atoms with E-state index >= 15 is 0 Å². The molecule has 0 spiro atoms. The van der Waals surface area contributed by atoms with Crippen LogP contribution in [0.4, 0.5) is 5.69 Å². The molecule has 2 aromatic carbocycles. The number of likely N-dealkylation sites (N-methyl/N-ethyl adjacent to an activating group) is 1. The number of anilines is 1. The van der Waals surface area contributed by atoms with Gasteiger partial charge in [0.15, 0.2) is 0 Å². The average Bonchev–Trinajstić information content (AvgIpc) is 2.54. The molecule has 0 aliphatic rings. The Morgan fingerprint density at radius 1 is 1.04 bits per heavy atom. The quantitative estimate of drug-likeness (QED) is 0.703. The summed E-state index contributed by atoms with van der Waals surface area (Å²) in [6.07, 6.45) is 2.05. The minimum Gasteiger partial charge on any atom is -0.492 e. The standard InChI is InChI=1S/C19H26N2O3S.ClH/c1-16-6-4-5-7-19(16)24-15-14-21(2)13-12-17-8-10-18(11-9-17)20-25(3,22)23;/h4-11,20H,12-15H2,1-3H3;1H. The Morgan fingerprint density at radius 3 is 2.31 bits per heavy atom. The Morgan fingerprint density at radius 2 is 1.69 bits per heavy atom. The van der Waals surface area contributed by atoms with E-state index in [0.717, 1.165) is 37.1 Å². The molecule has 7 heteroatoms. The highest BCUT2D eigenvalue weighted by Gasteiger charge is 2.04. The highest BCUT2D eigenvalue weighted by molar-refractivity contribution is 7.92. The summed E-state index contributed by atoms with van der Waals surface area (Å²) in [6.45, 7) is 4.46. The number of hydrogen-bond acceptors (Lipinski definition) is 4. The van der Waals surface area contributed by atoms with Crippen LogP contribution in [0.1, 0.15) is 11.1 Å². The molecule has 2 aromatic rings. The molecule has 0 fully saturated rings. The van der Waals surface area contributed by atoms with Crippen LogP contribution in [0.15, 0.2) is 48.5 Å². The van der Waals surface area contributed by atoms with Gasteiger partial charge in [-0.25, -0.2) is 8.42 Å². The van der Waals surface area contributed by atoms with Crippen molar-refractivity contribution in [3.63, 3.8) is 0 Å². The molecule has 0 aliphatic heterocycles. The van der Waals surface area contributed by atoms with Gasteiger partial charge in [0.1, 0.15) is 12.4 Å². The molecule has 1 N–H and O–H groups in total. The molecule has 0 unspecified atom stereocenters. The maximum atomic E-state index is 11.2. The summed E-state index contributed by atoms with van der Waals surface area (Å²) in [5.74, 6) is 0.935. The summed E-state index contributed by atoms with van der Waals surface area (Å²) in [6, 6.07) is 15.5. The second-order valence-electron chi connectivity index (χ2n) is 6.24. The predicted molar refractivity (Wildman–Crippen MR) is 110 cm³/mol. The van der Waals surface area contributed by atoms with E-state index in [2.05, 4.69) is 16.7 Å². The third-order valence-electron chi connectivity index (χ3n) is 3.86. The molecule has 0 radical (unpaired) electrons. The van der Waals surface area contributed by atoms with Crippen LogP contribution in [0.25, 0.3) is 0 Å². The number of halogens is 1. The lowest BCUT2D eigenvalue weighted by Crippen LogP contribution is -2.26. The third-order valence-corrected chi connectivity index (χ3v) is 4.47. The fourth-order valence-corrected chi connectivity index (χ4v) is 2.98. The minimum atomic E-state index is -3.22. The van der Waals surface area contributed by atoms with E-state index in [9.17, 15) is 8.42 Å². The second-order valence-corrected chi connectivity index (χ2v) is 7.99. The molecule has 26 heavy (non-hydrogen) atoms. The van der Waals surface area contributed by atoms with Crippen LogP contribution in [0.2, 0.25) is 0 Å².